The predicted octanol–water partition coefficient (Wildman–Crippen LogP) is 5.86. The summed E-state index contributed by atoms with van der Waals surface area (Å²) < 4.78 is 6.18. The minimum atomic E-state index is 0.0564. The average Bonchev–Trinajstić information content (AvgIpc) is 2.68. The van der Waals surface area contributed by atoms with Crippen molar-refractivity contribution in [3.8, 4) is 5.75 Å². The lowest BCUT2D eigenvalue weighted by Crippen LogP contribution is -1.95. The number of alkyl halides is 1. The van der Waals surface area contributed by atoms with Gasteiger partial charge in [-0.1, -0.05) is 45.2 Å². The quantitative estimate of drug-likeness (QED) is 0.619. The molecule has 1 aromatic heterocycles. The molecule has 0 aliphatic carbocycles. The number of rotatable bonds is 3. The molecule has 0 N–H and O–H groups in total. The summed E-state index contributed by atoms with van der Waals surface area (Å²) in [6.45, 7) is 2.00. The molecule has 0 radical (unpaired) electrons. The zero-order chi connectivity index (χ0) is 13.3. The van der Waals surface area contributed by atoms with Gasteiger partial charge in [0, 0.05) is 15.5 Å². The summed E-state index contributed by atoms with van der Waals surface area (Å²) in [5.41, 5.74) is 2.13. The number of thiophene rings is 1. The van der Waals surface area contributed by atoms with Crippen molar-refractivity contribution in [3.63, 3.8) is 0 Å². The first-order valence-corrected chi connectivity index (χ1v) is 7.75. The van der Waals surface area contributed by atoms with Crippen molar-refractivity contribution >= 4 is 50.5 Å². The first-order chi connectivity index (χ1) is 8.52. The zero-order valence-electron chi connectivity index (χ0n) is 9.84. The maximum Gasteiger partial charge on any atom is 0.125 e. The van der Waals surface area contributed by atoms with Crippen molar-refractivity contribution in [1.29, 1.82) is 0 Å². The largest absolute Gasteiger partial charge is 0.496 e. The number of benzene rings is 1. The number of hydrogen-bond donors (Lipinski definition) is 0. The molecule has 2 rings (SSSR count). The Morgan fingerprint density at radius 2 is 2.00 bits per heavy atom. The molecule has 0 saturated heterocycles. The number of hydrogen-bond acceptors (Lipinski definition) is 2. The minimum Gasteiger partial charge on any atom is -0.496 e. The molecule has 1 unspecified atom stereocenters. The molecule has 18 heavy (non-hydrogen) atoms. The summed E-state index contributed by atoms with van der Waals surface area (Å²) in [6, 6.07) is 7.72. The molecule has 0 aliphatic heterocycles. The van der Waals surface area contributed by atoms with Gasteiger partial charge < -0.3 is 4.74 Å². The normalized spacial score (nSPS) is 12.5. The van der Waals surface area contributed by atoms with Gasteiger partial charge in [-0.2, -0.15) is 0 Å². The standard InChI is InChI=1S/C13H11BrCl2OS/c1-7-5-11(18-13(7)16)12(14)9-4-3-8(15)6-10(9)17-2/h3-6,12H,1-2H3. The third-order valence-corrected chi connectivity index (χ3v) is 5.74. The van der Waals surface area contributed by atoms with Gasteiger partial charge in [-0.15, -0.1) is 11.3 Å². The number of ether oxygens (including phenoxy) is 1. The van der Waals surface area contributed by atoms with Gasteiger partial charge in [0.15, 0.2) is 0 Å². The second-order valence-electron chi connectivity index (χ2n) is 3.85. The Kier molecular flexibility index (Phi) is 4.59. The molecular weight excluding hydrogens is 355 g/mol. The highest BCUT2D eigenvalue weighted by Crippen LogP contribution is 2.42. The van der Waals surface area contributed by atoms with E-state index in [1.807, 2.05) is 25.1 Å². The first kappa shape index (κ1) is 14.2. The van der Waals surface area contributed by atoms with E-state index in [4.69, 9.17) is 27.9 Å². The van der Waals surface area contributed by atoms with Crippen LogP contribution in [-0.2, 0) is 0 Å². The van der Waals surface area contributed by atoms with Crippen molar-refractivity contribution in [2.24, 2.45) is 0 Å². The molecule has 0 saturated carbocycles. The Bertz CT molecular complexity index is 549. The smallest absolute Gasteiger partial charge is 0.125 e. The fourth-order valence-electron chi connectivity index (χ4n) is 1.66. The van der Waals surface area contributed by atoms with E-state index in [0.29, 0.717) is 5.02 Å². The SMILES string of the molecule is COc1cc(Cl)ccc1C(Br)c1cc(C)c(Cl)s1. The van der Waals surface area contributed by atoms with Crippen LogP contribution < -0.4 is 4.74 Å². The van der Waals surface area contributed by atoms with Crippen LogP contribution in [-0.4, -0.2) is 7.11 Å². The average molecular weight is 366 g/mol. The molecular formula is C13H11BrCl2OS. The molecule has 1 nitrogen and oxygen atoms in total. The number of aryl methyl sites for hydroxylation is 1. The van der Waals surface area contributed by atoms with Crippen LogP contribution in [0.25, 0.3) is 0 Å². The van der Waals surface area contributed by atoms with E-state index in [0.717, 1.165) is 26.1 Å². The lowest BCUT2D eigenvalue weighted by Gasteiger charge is -2.13. The van der Waals surface area contributed by atoms with Gasteiger partial charge in [0.25, 0.3) is 0 Å². The van der Waals surface area contributed by atoms with E-state index in [1.54, 1.807) is 18.4 Å². The maximum atomic E-state index is 6.11. The lowest BCUT2D eigenvalue weighted by molar-refractivity contribution is 0.410. The van der Waals surface area contributed by atoms with E-state index >= 15 is 0 Å². The van der Waals surface area contributed by atoms with Crippen molar-refractivity contribution in [2.75, 3.05) is 7.11 Å². The molecule has 96 valence electrons. The Morgan fingerprint density at radius 3 is 2.56 bits per heavy atom. The summed E-state index contributed by atoms with van der Waals surface area (Å²) in [5.74, 6) is 0.770. The van der Waals surface area contributed by atoms with Crippen LogP contribution in [0.1, 0.15) is 20.8 Å². The molecule has 2 aromatic rings. The van der Waals surface area contributed by atoms with Crippen LogP contribution in [0.3, 0.4) is 0 Å². The van der Waals surface area contributed by atoms with Gasteiger partial charge in [-0.05, 0) is 30.7 Å². The van der Waals surface area contributed by atoms with E-state index in [9.17, 15) is 0 Å². The molecule has 0 aliphatic rings. The summed E-state index contributed by atoms with van der Waals surface area (Å²) in [5, 5.41) is 0.663. The maximum absolute atomic E-state index is 6.11. The Hall–Kier alpha value is -0.220. The molecule has 0 amide bonds. The molecule has 5 heteroatoms. The van der Waals surface area contributed by atoms with E-state index in [1.165, 1.54) is 0 Å². The topological polar surface area (TPSA) is 9.23 Å². The summed E-state index contributed by atoms with van der Waals surface area (Å²) in [7, 11) is 1.64. The highest BCUT2D eigenvalue weighted by atomic mass is 79.9. The Labute approximate surface area is 129 Å². The van der Waals surface area contributed by atoms with Gasteiger partial charge in [-0.25, -0.2) is 0 Å². The van der Waals surface area contributed by atoms with Crippen LogP contribution >= 0.6 is 50.5 Å². The summed E-state index contributed by atoms with van der Waals surface area (Å²) in [4.78, 5) is 1.21. The molecule has 0 fully saturated rings. The van der Waals surface area contributed by atoms with Crippen molar-refractivity contribution in [1.82, 2.24) is 0 Å². The molecule has 0 spiro atoms. The fraction of sp³-hybridized carbons (Fsp3) is 0.231. The van der Waals surface area contributed by atoms with Crippen molar-refractivity contribution in [2.45, 2.75) is 11.8 Å². The van der Waals surface area contributed by atoms with Crippen LogP contribution in [0.5, 0.6) is 5.75 Å². The highest BCUT2D eigenvalue weighted by Gasteiger charge is 2.18. The van der Waals surface area contributed by atoms with Crippen molar-refractivity contribution < 1.29 is 4.74 Å². The number of halogens is 3. The van der Waals surface area contributed by atoms with Gasteiger partial charge in [0.2, 0.25) is 0 Å². The summed E-state index contributed by atoms with van der Waals surface area (Å²) in [6.07, 6.45) is 0. The van der Waals surface area contributed by atoms with Gasteiger partial charge in [0.05, 0.1) is 16.3 Å². The lowest BCUT2D eigenvalue weighted by atomic mass is 10.1. The van der Waals surface area contributed by atoms with Crippen LogP contribution in [0, 0.1) is 6.92 Å². The fourth-order valence-corrected chi connectivity index (χ4v) is 3.82. The van der Waals surface area contributed by atoms with Crippen molar-refractivity contribution in [3.05, 3.63) is 49.6 Å². The van der Waals surface area contributed by atoms with Crippen LogP contribution in [0.2, 0.25) is 9.36 Å². The van der Waals surface area contributed by atoms with E-state index in [-0.39, 0.29) is 4.83 Å². The Balaban J connectivity index is 2.42. The van der Waals surface area contributed by atoms with Gasteiger partial charge >= 0.3 is 0 Å². The molecule has 0 bridgehead atoms. The van der Waals surface area contributed by atoms with Crippen LogP contribution in [0.15, 0.2) is 24.3 Å². The first-order valence-electron chi connectivity index (χ1n) is 5.26. The third-order valence-electron chi connectivity index (χ3n) is 2.59. The second kappa shape index (κ2) is 5.83. The monoisotopic (exact) mass is 364 g/mol. The second-order valence-corrected chi connectivity index (χ2v) is 6.89. The van der Waals surface area contributed by atoms with Gasteiger partial charge in [-0.3, -0.25) is 0 Å². The third kappa shape index (κ3) is 2.85. The minimum absolute atomic E-state index is 0.0564. The summed E-state index contributed by atoms with van der Waals surface area (Å²) >= 11 is 17.3. The number of methoxy groups -OCH3 is 1. The van der Waals surface area contributed by atoms with Gasteiger partial charge in [0.1, 0.15) is 5.75 Å². The molecule has 1 atom stereocenters. The molecule has 1 aromatic carbocycles. The predicted molar refractivity (Wildman–Crippen MR) is 82.8 cm³/mol. The van der Waals surface area contributed by atoms with Crippen LogP contribution in [0.4, 0.5) is 0 Å². The zero-order valence-corrected chi connectivity index (χ0v) is 13.8. The van der Waals surface area contributed by atoms with E-state index in [2.05, 4.69) is 22.0 Å². The highest BCUT2D eigenvalue weighted by molar-refractivity contribution is 9.09. The Morgan fingerprint density at radius 1 is 1.28 bits per heavy atom. The van der Waals surface area contributed by atoms with E-state index < -0.39 is 0 Å². The molecule has 1 heterocycles.